The molecule has 2 aromatic carbocycles. The summed E-state index contributed by atoms with van der Waals surface area (Å²) in [6.45, 7) is 0.781. The molecule has 0 aliphatic carbocycles. The van der Waals surface area contributed by atoms with Crippen molar-refractivity contribution >= 4 is 34.6 Å². The van der Waals surface area contributed by atoms with Gasteiger partial charge in [-0.3, -0.25) is 9.59 Å². The predicted octanol–water partition coefficient (Wildman–Crippen LogP) is 4.37. The third-order valence-corrected chi connectivity index (χ3v) is 5.97. The number of hydrogen-bond acceptors (Lipinski definition) is 6. The minimum absolute atomic E-state index is 0.164. The lowest BCUT2D eigenvalue weighted by molar-refractivity contribution is 0.0751. The summed E-state index contributed by atoms with van der Waals surface area (Å²) in [7, 11) is 0. The van der Waals surface area contributed by atoms with Crippen molar-refractivity contribution in [2.75, 3.05) is 18.7 Å². The van der Waals surface area contributed by atoms with Gasteiger partial charge < -0.3 is 14.8 Å². The molecule has 156 valence electrons. The minimum Gasteiger partial charge on any atom is -0.454 e. The van der Waals surface area contributed by atoms with Crippen molar-refractivity contribution in [1.82, 2.24) is 5.01 Å². The highest BCUT2D eigenvalue weighted by Gasteiger charge is 2.22. The highest BCUT2D eigenvalue weighted by Crippen LogP contribution is 2.33. The lowest BCUT2D eigenvalue weighted by Gasteiger charge is -2.24. The first-order valence-corrected chi connectivity index (χ1v) is 10.8. The molecule has 5 rings (SSSR count). The van der Waals surface area contributed by atoms with Gasteiger partial charge in [0.15, 0.2) is 11.5 Å². The van der Waals surface area contributed by atoms with Gasteiger partial charge in [-0.25, -0.2) is 5.01 Å². The van der Waals surface area contributed by atoms with Crippen LogP contribution in [0.5, 0.6) is 11.5 Å². The molecule has 3 heterocycles. The van der Waals surface area contributed by atoms with Crippen LogP contribution in [0.15, 0.2) is 65.1 Å². The molecule has 1 N–H and O–H groups in total. The first-order chi connectivity index (χ1) is 15.2. The van der Waals surface area contributed by atoms with E-state index in [9.17, 15) is 9.59 Å². The first kappa shape index (κ1) is 19.3. The molecule has 8 heteroatoms. The lowest BCUT2D eigenvalue weighted by Crippen LogP contribution is -2.32. The molecular weight excluding hydrogens is 414 g/mol. The average Bonchev–Trinajstić information content (AvgIpc) is 3.51. The molecule has 2 aliphatic heterocycles. The van der Waals surface area contributed by atoms with Crippen LogP contribution in [-0.4, -0.2) is 35.9 Å². The molecule has 7 nitrogen and oxygen atoms in total. The molecule has 0 saturated heterocycles. The normalized spacial score (nSPS) is 14.8. The second-order valence-electron chi connectivity index (χ2n) is 7.16. The summed E-state index contributed by atoms with van der Waals surface area (Å²) < 4.78 is 10.8. The SMILES string of the molecule is O=C(Nc1ccc(C(=O)N2CCCC(c3ccc4c(c3)OCO4)=N2)cc1)c1cccs1. The van der Waals surface area contributed by atoms with E-state index in [1.165, 1.54) is 16.3 Å². The Balaban J connectivity index is 1.30. The Bertz CT molecular complexity index is 1160. The maximum atomic E-state index is 13.0. The molecular formula is C23H19N3O4S. The number of benzene rings is 2. The van der Waals surface area contributed by atoms with Gasteiger partial charge in [-0.2, -0.15) is 5.10 Å². The van der Waals surface area contributed by atoms with E-state index in [0.29, 0.717) is 28.4 Å². The highest BCUT2D eigenvalue weighted by atomic mass is 32.1. The Morgan fingerprint density at radius 3 is 2.68 bits per heavy atom. The predicted molar refractivity (Wildman–Crippen MR) is 118 cm³/mol. The van der Waals surface area contributed by atoms with Gasteiger partial charge in [0.1, 0.15) is 0 Å². The number of ether oxygens (including phenoxy) is 2. The zero-order valence-corrected chi connectivity index (χ0v) is 17.4. The molecule has 0 bridgehead atoms. The monoisotopic (exact) mass is 433 g/mol. The Labute approximate surface area is 182 Å². The van der Waals surface area contributed by atoms with E-state index in [4.69, 9.17) is 9.47 Å². The number of carbonyl (C=O) groups is 2. The quantitative estimate of drug-likeness (QED) is 0.663. The van der Waals surface area contributed by atoms with E-state index in [2.05, 4.69) is 10.4 Å². The lowest BCUT2D eigenvalue weighted by atomic mass is 10.0. The van der Waals surface area contributed by atoms with Crippen molar-refractivity contribution < 1.29 is 19.1 Å². The Morgan fingerprint density at radius 2 is 1.87 bits per heavy atom. The van der Waals surface area contributed by atoms with E-state index in [0.717, 1.165) is 29.9 Å². The van der Waals surface area contributed by atoms with Crippen molar-refractivity contribution in [2.24, 2.45) is 5.10 Å². The smallest absolute Gasteiger partial charge is 0.273 e. The summed E-state index contributed by atoms with van der Waals surface area (Å²) in [6, 6.07) is 16.2. The number of anilines is 1. The Kier molecular flexibility index (Phi) is 5.13. The summed E-state index contributed by atoms with van der Waals surface area (Å²) >= 11 is 1.38. The summed E-state index contributed by atoms with van der Waals surface area (Å²) in [5.41, 5.74) is 2.93. The van der Waals surface area contributed by atoms with E-state index in [-0.39, 0.29) is 18.6 Å². The van der Waals surface area contributed by atoms with Crippen LogP contribution in [0.25, 0.3) is 0 Å². The summed E-state index contributed by atoms with van der Waals surface area (Å²) in [4.78, 5) is 25.8. The fourth-order valence-electron chi connectivity index (χ4n) is 3.51. The molecule has 31 heavy (non-hydrogen) atoms. The van der Waals surface area contributed by atoms with Gasteiger partial charge in [-0.1, -0.05) is 6.07 Å². The highest BCUT2D eigenvalue weighted by molar-refractivity contribution is 7.12. The summed E-state index contributed by atoms with van der Waals surface area (Å²) in [5.74, 6) is 1.08. The molecule has 2 amide bonds. The fourth-order valence-corrected chi connectivity index (χ4v) is 4.13. The standard InChI is InChI=1S/C23H19N3O4S/c27-22(21-4-2-12-31-21)24-17-8-5-15(6-9-17)23(28)26-11-1-3-18(25-26)16-7-10-19-20(13-16)30-14-29-19/h2,4-10,12-13H,1,3,11,14H2,(H,24,27). The molecule has 0 spiro atoms. The zero-order valence-electron chi connectivity index (χ0n) is 16.5. The zero-order chi connectivity index (χ0) is 21.2. The Morgan fingerprint density at radius 1 is 1.03 bits per heavy atom. The molecule has 0 radical (unpaired) electrons. The second-order valence-corrected chi connectivity index (χ2v) is 8.10. The van der Waals surface area contributed by atoms with Crippen LogP contribution in [0.2, 0.25) is 0 Å². The van der Waals surface area contributed by atoms with E-state index in [1.807, 2.05) is 29.6 Å². The topological polar surface area (TPSA) is 80.2 Å². The molecule has 2 aliphatic rings. The van der Waals surface area contributed by atoms with Gasteiger partial charge in [-0.15, -0.1) is 11.3 Å². The Hall–Kier alpha value is -3.65. The minimum atomic E-state index is -0.172. The number of thiophene rings is 1. The fraction of sp³-hybridized carbons (Fsp3) is 0.174. The summed E-state index contributed by atoms with van der Waals surface area (Å²) in [5, 5.41) is 10.8. The van der Waals surface area contributed by atoms with Crippen LogP contribution in [0.4, 0.5) is 5.69 Å². The van der Waals surface area contributed by atoms with Gasteiger partial charge in [-0.05, 0) is 66.8 Å². The van der Waals surface area contributed by atoms with Gasteiger partial charge >= 0.3 is 0 Å². The molecule has 0 atom stereocenters. The number of nitrogens with zero attached hydrogens (tertiary/aromatic N) is 2. The number of rotatable bonds is 4. The van der Waals surface area contributed by atoms with Gasteiger partial charge in [0.25, 0.3) is 11.8 Å². The van der Waals surface area contributed by atoms with E-state index < -0.39 is 0 Å². The third kappa shape index (κ3) is 4.02. The molecule has 1 aromatic heterocycles. The number of nitrogens with one attached hydrogen (secondary N) is 1. The summed E-state index contributed by atoms with van der Waals surface area (Å²) in [6.07, 6.45) is 1.62. The van der Waals surface area contributed by atoms with Crippen LogP contribution in [0.1, 0.15) is 38.4 Å². The number of amides is 2. The van der Waals surface area contributed by atoms with Crippen molar-refractivity contribution in [3.05, 3.63) is 76.0 Å². The van der Waals surface area contributed by atoms with E-state index in [1.54, 1.807) is 30.3 Å². The van der Waals surface area contributed by atoms with Crippen LogP contribution in [0.3, 0.4) is 0 Å². The first-order valence-electron chi connectivity index (χ1n) is 9.92. The number of hydrogen-bond donors (Lipinski definition) is 1. The van der Waals surface area contributed by atoms with Crippen LogP contribution < -0.4 is 14.8 Å². The largest absolute Gasteiger partial charge is 0.454 e. The van der Waals surface area contributed by atoms with E-state index >= 15 is 0 Å². The van der Waals surface area contributed by atoms with Crippen molar-refractivity contribution in [2.45, 2.75) is 12.8 Å². The maximum absolute atomic E-state index is 13.0. The molecule has 0 saturated carbocycles. The van der Waals surface area contributed by atoms with Crippen LogP contribution >= 0.6 is 11.3 Å². The van der Waals surface area contributed by atoms with Gasteiger partial charge in [0, 0.05) is 23.4 Å². The number of carbonyl (C=O) groups excluding carboxylic acids is 2. The molecule has 3 aromatic rings. The second kappa shape index (κ2) is 8.23. The van der Waals surface area contributed by atoms with Crippen LogP contribution in [-0.2, 0) is 0 Å². The number of hydrazone groups is 1. The van der Waals surface area contributed by atoms with Crippen molar-refractivity contribution in [3.8, 4) is 11.5 Å². The van der Waals surface area contributed by atoms with Gasteiger partial charge in [0.05, 0.1) is 10.6 Å². The maximum Gasteiger partial charge on any atom is 0.273 e. The third-order valence-electron chi connectivity index (χ3n) is 5.10. The average molecular weight is 433 g/mol. The van der Waals surface area contributed by atoms with Crippen molar-refractivity contribution in [3.63, 3.8) is 0 Å². The number of fused-ring (bicyclic) bond motifs is 1. The van der Waals surface area contributed by atoms with Crippen molar-refractivity contribution in [1.29, 1.82) is 0 Å². The molecule has 0 fully saturated rings. The van der Waals surface area contributed by atoms with Gasteiger partial charge in [0.2, 0.25) is 6.79 Å². The molecule has 0 unspecified atom stereocenters. The van der Waals surface area contributed by atoms with Crippen LogP contribution in [0, 0.1) is 0 Å².